The minimum atomic E-state index is -0.529. The number of amides is 1. The van der Waals surface area contributed by atoms with Crippen molar-refractivity contribution in [2.75, 3.05) is 0 Å². The molecule has 0 saturated carbocycles. The molecule has 1 aromatic heterocycles. The van der Waals surface area contributed by atoms with Crippen molar-refractivity contribution in [1.29, 1.82) is 0 Å². The Hall–Kier alpha value is -3.02. The highest BCUT2D eigenvalue weighted by molar-refractivity contribution is 6.07. The average molecular weight is 367 g/mol. The van der Waals surface area contributed by atoms with E-state index in [9.17, 15) is 14.0 Å². The number of carbonyl (C=O) groups excluding carboxylic acids is 2. The van der Waals surface area contributed by atoms with Gasteiger partial charge in [0.05, 0.1) is 12.1 Å². The first-order chi connectivity index (χ1) is 12.9. The molecule has 6 heteroatoms. The van der Waals surface area contributed by atoms with Gasteiger partial charge < -0.3 is 5.73 Å². The molecular formula is C21H22FN3O2. The van der Waals surface area contributed by atoms with Crippen LogP contribution in [-0.2, 0) is 11.3 Å². The van der Waals surface area contributed by atoms with Crippen LogP contribution < -0.4 is 5.73 Å². The standard InChI is InChI=1S/C21H22FN3O2/c1-13(2)17(21(23)27)11-19(26)20-16-5-3-4-6-18(16)25(24-20)12-14-7-9-15(22)10-8-14/h3-10,13,17H,11-12H2,1-2H3,(H2,23,27)/t17-/m0/s1. The molecular weight excluding hydrogens is 345 g/mol. The van der Waals surface area contributed by atoms with Crippen LogP contribution in [0.25, 0.3) is 10.9 Å². The number of carbonyl (C=O) groups is 2. The maximum Gasteiger partial charge on any atom is 0.221 e. The van der Waals surface area contributed by atoms with Crippen LogP contribution in [0, 0.1) is 17.7 Å². The lowest BCUT2D eigenvalue weighted by Crippen LogP contribution is -2.29. The molecule has 2 aromatic carbocycles. The second-order valence-corrected chi connectivity index (χ2v) is 7.03. The lowest BCUT2D eigenvalue weighted by atomic mass is 9.89. The molecule has 0 aliphatic heterocycles. The van der Waals surface area contributed by atoms with E-state index in [-0.39, 0.29) is 23.9 Å². The quantitative estimate of drug-likeness (QED) is 0.649. The molecule has 1 heterocycles. The molecule has 0 unspecified atom stereocenters. The molecule has 0 spiro atoms. The molecule has 1 atom stereocenters. The van der Waals surface area contributed by atoms with Crippen molar-refractivity contribution in [1.82, 2.24) is 9.78 Å². The Kier molecular flexibility index (Phi) is 5.35. The van der Waals surface area contributed by atoms with E-state index >= 15 is 0 Å². The van der Waals surface area contributed by atoms with Gasteiger partial charge >= 0.3 is 0 Å². The largest absolute Gasteiger partial charge is 0.369 e. The zero-order valence-electron chi connectivity index (χ0n) is 15.4. The van der Waals surface area contributed by atoms with Crippen molar-refractivity contribution in [3.8, 4) is 0 Å². The van der Waals surface area contributed by atoms with E-state index in [2.05, 4.69) is 5.10 Å². The zero-order chi connectivity index (χ0) is 19.6. The normalized spacial score (nSPS) is 12.4. The van der Waals surface area contributed by atoms with Crippen LogP contribution in [0.2, 0.25) is 0 Å². The van der Waals surface area contributed by atoms with E-state index in [4.69, 9.17) is 5.73 Å². The molecule has 0 aliphatic rings. The van der Waals surface area contributed by atoms with Crippen molar-refractivity contribution in [2.45, 2.75) is 26.8 Å². The minimum absolute atomic E-state index is 0.0287. The summed E-state index contributed by atoms with van der Waals surface area (Å²) >= 11 is 0. The summed E-state index contributed by atoms with van der Waals surface area (Å²) in [5.74, 6) is -1.54. The number of ketones is 1. The Bertz CT molecular complexity index is 977. The summed E-state index contributed by atoms with van der Waals surface area (Å²) in [4.78, 5) is 24.5. The van der Waals surface area contributed by atoms with Crippen molar-refractivity contribution in [3.63, 3.8) is 0 Å². The van der Waals surface area contributed by atoms with Crippen LogP contribution in [0.3, 0.4) is 0 Å². The van der Waals surface area contributed by atoms with Gasteiger partial charge in [-0.1, -0.05) is 44.2 Å². The van der Waals surface area contributed by atoms with Gasteiger partial charge in [0.2, 0.25) is 5.91 Å². The number of nitrogens with two attached hydrogens (primary N) is 1. The lowest BCUT2D eigenvalue weighted by Gasteiger charge is -2.15. The SMILES string of the molecule is CC(C)[C@H](CC(=O)c1nn(Cc2ccc(F)cc2)c2ccccc12)C(N)=O. The highest BCUT2D eigenvalue weighted by atomic mass is 19.1. The Labute approximate surface area is 157 Å². The van der Waals surface area contributed by atoms with Gasteiger partial charge in [-0.2, -0.15) is 5.10 Å². The number of para-hydroxylation sites is 1. The summed E-state index contributed by atoms with van der Waals surface area (Å²) in [6, 6.07) is 13.6. The maximum atomic E-state index is 13.1. The van der Waals surface area contributed by atoms with Gasteiger partial charge in [-0.25, -0.2) is 4.39 Å². The second kappa shape index (κ2) is 7.70. The van der Waals surface area contributed by atoms with Crippen LogP contribution in [0.5, 0.6) is 0 Å². The van der Waals surface area contributed by atoms with E-state index in [0.29, 0.717) is 12.2 Å². The number of rotatable bonds is 7. The molecule has 1 amide bonds. The van der Waals surface area contributed by atoms with E-state index in [1.54, 1.807) is 16.8 Å². The number of primary amides is 1. The van der Waals surface area contributed by atoms with E-state index in [1.165, 1.54) is 12.1 Å². The molecule has 140 valence electrons. The third kappa shape index (κ3) is 4.05. The van der Waals surface area contributed by atoms with Gasteiger partial charge in [0.25, 0.3) is 0 Å². The van der Waals surface area contributed by atoms with E-state index in [1.807, 2.05) is 38.1 Å². The van der Waals surface area contributed by atoms with Gasteiger partial charge in [-0.05, 0) is 29.7 Å². The predicted octanol–water partition coefficient (Wildman–Crippen LogP) is 3.55. The number of nitrogens with zero attached hydrogens (tertiary/aromatic N) is 2. The van der Waals surface area contributed by atoms with Crippen LogP contribution in [0.4, 0.5) is 4.39 Å². The number of hydrogen-bond acceptors (Lipinski definition) is 3. The Morgan fingerprint density at radius 1 is 1.11 bits per heavy atom. The van der Waals surface area contributed by atoms with Crippen molar-refractivity contribution in [3.05, 3.63) is 65.6 Å². The summed E-state index contributed by atoms with van der Waals surface area (Å²) in [7, 11) is 0. The summed E-state index contributed by atoms with van der Waals surface area (Å²) in [5, 5.41) is 5.23. The number of benzene rings is 2. The number of halogens is 1. The minimum Gasteiger partial charge on any atom is -0.369 e. The third-order valence-corrected chi connectivity index (χ3v) is 4.74. The first kappa shape index (κ1) is 18.8. The van der Waals surface area contributed by atoms with Crippen LogP contribution in [0.1, 0.15) is 36.3 Å². The first-order valence-corrected chi connectivity index (χ1v) is 8.89. The lowest BCUT2D eigenvalue weighted by molar-refractivity contribution is -0.123. The van der Waals surface area contributed by atoms with Gasteiger partial charge in [0, 0.05) is 17.7 Å². The van der Waals surface area contributed by atoms with Gasteiger partial charge in [0.1, 0.15) is 11.5 Å². The van der Waals surface area contributed by atoms with Gasteiger partial charge in [-0.15, -0.1) is 0 Å². The highest BCUT2D eigenvalue weighted by Crippen LogP contribution is 2.24. The molecule has 3 rings (SSSR count). The fraction of sp³-hybridized carbons (Fsp3) is 0.286. The van der Waals surface area contributed by atoms with Crippen LogP contribution in [-0.4, -0.2) is 21.5 Å². The molecule has 2 N–H and O–H groups in total. The van der Waals surface area contributed by atoms with E-state index < -0.39 is 11.8 Å². The van der Waals surface area contributed by atoms with E-state index in [0.717, 1.165) is 16.5 Å². The Morgan fingerprint density at radius 2 is 1.78 bits per heavy atom. The number of hydrogen-bond donors (Lipinski definition) is 1. The Balaban J connectivity index is 1.95. The molecule has 0 saturated heterocycles. The third-order valence-electron chi connectivity index (χ3n) is 4.74. The topological polar surface area (TPSA) is 78.0 Å². The maximum absolute atomic E-state index is 13.1. The second-order valence-electron chi connectivity index (χ2n) is 7.03. The zero-order valence-corrected chi connectivity index (χ0v) is 15.4. The van der Waals surface area contributed by atoms with Gasteiger partial charge in [-0.3, -0.25) is 14.3 Å². The van der Waals surface area contributed by atoms with Crippen LogP contribution >= 0.6 is 0 Å². The summed E-state index contributed by atoms with van der Waals surface area (Å²) in [6.07, 6.45) is 0.0323. The van der Waals surface area contributed by atoms with Crippen molar-refractivity contribution >= 4 is 22.6 Å². The average Bonchev–Trinajstić information content (AvgIpc) is 3.00. The highest BCUT2D eigenvalue weighted by Gasteiger charge is 2.26. The molecule has 27 heavy (non-hydrogen) atoms. The predicted molar refractivity (Wildman–Crippen MR) is 102 cm³/mol. The van der Waals surface area contributed by atoms with Crippen molar-refractivity contribution < 1.29 is 14.0 Å². The number of fused-ring (bicyclic) bond motifs is 1. The van der Waals surface area contributed by atoms with Crippen LogP contribution in [0.15, 0.2) is 48.5 Å². The molecule has 0 radical (unpaired) electrons. The fourth-order valence-corrected chi connectivity index (χ4v) is 3.18. The van der Waals surface area contributed by atoms with Crippen molar-refractivity contribution in [2.24, 2.45) is 17.6 Å². The fourth-order valence-electron chi connectivity index (χ4n) is 3.18. The summed E-state index contributed by atoms with van der Waals surface area (Å²) < 4.78 is 14.9. The number of aromatic nitrogens is 2. The molecule has 0 fully saturated rings. The molecule has 0 aliphatic carbocycles. The smallest absolute Gasteiger partial charge is 0.221 e. The number of Topliss-reactive ketones (excluding diaryl/α,β-unsaturated/α-hetero) is 1. The molecule has 3 aromatic rings. The summed E-state index contributed by atoms with van der Waals surface area (Å²) in [6.45, 7) is 4.15. The monoisotopic (exact) mass is 367 g/mol. The Morgan fingerprint density at radius 3 is 2.41 bits per heavy atom. The molecule has 0 bridgehead atoms. The summed E-state index contributed by atoms with van der Waals surface area (Å²) in [5.41, 5.74) is 7.47. The first-order valence-electron chi connectivity index (χ1n) is 8.89. The molecule has 5 nitrogen and oxygen atoms in total. The van der Waals surface area contributed by atoms with Gasteiger partial charge in [0.15, 0.2) is 5.78 Å².